The van der Waals surface area contributed by atoms with Crippen LogP contribution in [0.25, 0.3) is 0 Å². The third kappa shape index (κ3) is 3.42. The summed E-state index contributed by atoms with van der Waals surface area (Å²) >= 11 is 0. The van der Waals surface area contributed by atoms with Crippen molar-refractivity contribution in [3.8, 4) is 11.5 Å². The molecule has 1 saturated heterocycles. The molecule has 0 unspecified atom stereocenters. The number of aliphatic imine (C=N–C) groups is 1. The maximum atomic E-state index is 6.16. The number of benzene rings is 1. The van der Waals surface area contributed by atoms with Gasteiger partial charge in [-0.2, -0.15) is 0 Å². The van der Waals surface area contributed by atoms with Crippen LogP contribution in [0.2, 0.25) is 0 Å². The summed E-state index contributed by atoms with van der Waals surface area (Å²) in [6.45, 7) is 4.04. The first kappa shape index (κ1) is 15.5. The van der Waals surface area contributed by atoms with Gasteiger partial charge in [0.15, 0.2) is 17.5 Å². The average molecular weight is 340 g/mol. The summed E-state index contributed by atoms with van der Waals surface area (Å²) in [6.07, 6.45) is 3.52. The lowest BCUT2D eigenvalue weighted by molar-refractivity contribution is 0.174. The predicted molar refractivity (Wildman–Crippen MR) is 93.7 cm³/mol. The van der Waals surface area contributed by atoms with Gasteiger partial charge in [-0.1, -0.05) is 6.07 Å². The minimum atomic E-state index is 0.277. The molecule has 2 aliphatic rings. The minimum absolute atomic E-state index is 0.277. The third-order valence-corrected chi connectivity index (χ3v) is 4.30. The molecule has 0 amide bonds. The van der Waals surface area contributed by atoms with Crippen LogP contribution in [-0.4, -0.2) is 53.8 Å². The smallest absolute Gasteiger partial charge is 0.231 e. The van der Waals surface area contributed by atoms with Gasteiger partial charge in [0.1, 0.15) is 0 Å². The Kier molecular flexibility index (Phi) is 4.24. The second kappa shape index (κ2) is 6.84. The first-order valence-corrected chi connectivity index (χ1v) is 8.25. The van der Waals surface area contributed by atoms with E-state index in [9.17, 15) is 0 Å². The molecule has 4 rings (SSSR count). The van der Waals surface area contributed by atoms with Crippen LogP contribution < -0.4 is 20.1 Å². The SMILES string of the molecule is NC(=NCc1ccc2c(c1)OCO2)N1CCN(c2ncccn2)CC1. The second-order valence-electron chi connectivity index (χ2n) is 5.88. The zero-order valence-electron chi connectivity index (χ0n) is 13.8. The van der Waals surface area contributed by atoms with E-state index in [-0.39, 0.29) is 6.79 Å². The highest BCUT2D eigenvalue weighted by atomic mass is 16.7. The quantitative estimate of drug-likeness (QED) is 0.654. The molecule has 25 heavy (non-hydrogen) atoms. The summed E-state index contributed by atoms with van der Waals surface area (Å²) in [5.41, 5.74) is 7.21. The van der Waals surface area contributed by atoms with Gasteiger partial charge in [0, 0.05) is 38.6 Å². The van der Waals surface area contributed by atoms with Crippen molar-refractivity contribution in [1.29, 1.82) is 0 Å². The molecule has 1 aromatic heterocycles. The lowest BCUT2D eigenvalue weighted by Gasteiger charge is -2.35. The van der Waals surface area contributed by atoms with E-state index >= 15 is 0 Å². The molecular formula is C17H20N6O2. The zero-order chi connectivity index (χ0) is 17.1. The van der Waals surface area contributed by atoms with E-state index in [1.54, 1.807) is 12.4 Å². The van der Waals surface area contributed by atoms with Crippen LogP contribution in [0.1, 0.15) is 5.56 Å². The third-order valence-electron chi connectivity index (χ3n) is 4.30. The van der Waals surface area contributed by atoms with Gasteiger partial charge in [-0.3, -0.25) is 0 Å². The normalized spacial score (nSPS) is 17.0. The molecule has 8 nitrogen and oxygen atoms in total. The van der Waals surface area contributed by atoms with Crippen LogP contribution in [0, 0.1) is 0 Å². The van der Waals surface area contributed by atoms with Crippen LogP contribution in [0.5, 0.6) is 11.5 Å². The largest absolute Gasteiger partial charge is 0.454 e. The molecule has 0 spiro atoms. The standard InChI is InChI=1S/C17H20N6O2/c18-16(21-11-13-2-3-14-15(10-13)25-12-24-14)22-6-8-23(9-7-22)17-19-4-1-5-20-17/h1-5,10H,6-9,11-12H2,(H2,18,21). The number of piperazine rings is 1. The van der Waals surface area contributed by atoms with E-state index in [2.05, 4.69) is 24.8 Å². The molecule has 2 N–H and O–H groups in total. The van der Waals surface area contributed by atoms with Crippen LogP contribution in [0.3, 0.4) is 0 Å². The molecule has 1 aromatic carbocycles. The molecule has 0 aliphatic carbocycles. The minimum Gasteiger partial charge on any atom is -0.454 e. The van der Waals surface area contributed by atoms with Gasteiger partial charge < -0.3 is 25.0 Å². The van der Waals surface area contributed by atoms with E-state index < -0.39 is 0 Å². The van der Waals surface area contributed by atoms with Crippen molar-refractivity contribution in [3.63, 3.8) is 0 Å². The topological polar surface area (TPSA) is 89.1 Å². The van der Waals surface area contributed by atoms with Gasteiger partial charge in [-0.25, -0.2) is 15.0 Å². The van der Waals surface area contributed by atoms with Gasteiger partial charge >= 0.3 is 0 Å². The molecule has 8 heteroatoms. The van der Waals surface area contributed by atoms with E-state index in [1.807, 2.05) is 24.3 Å². The number of anilines is 1. The number of nitrogens with two attached hydrogens (primary N) is 1. The number of ether oxygens (including phenoxy) is 2. The molecule has 0 atom stereocenters. The lowest BCUT2D eigenvalue weighted by atomic mass is 10.2. The number of hydrogen-bond acceptors (Lipinski definition) is 6. The molecule has 0 saturated carbocycles. The van der Waals surface area contributed by atoms with Crippen LogP contribution in [0.15, 0.2) is 41.7 Å². The van der Waals surface area contributed by atoms with Crippen molar-refractivity contribution in [2.45, 2.75) is 6.54 Å². The van der Waals surface area contributed by atoms with Crippen molar-refractivity contribution in [1.82, 2.24) is 14.9 Å². The summed E-state index contributed by atoms with van der Waals surface area (Å²) in [5, 5.41) is 0. The highest BCUT2D eigenvalue weighted by Crippen LogP contribution is 2.32. The van der Waals surface area contributed by atoms with E-state index in [1.165, 1.54) is 0 Å². The number of nitrogens with zero attached hydrogens (tertiary/aromatic N) is 5. The van der Waals surface area contributed by atoms with E-state index in [4.69, 9.17) is 15.2 Å². The maximum Gasteiger partial charge on any atom is 0.231 e. The molecule has 3 heterocycles. The van der Waals surface area contributed by atoms with E-state index in [0.29, 0.717) is 12.5 Å². The first-order valence-electron chi connectivity index (χ1n) is 8.25. The number of hydrogen-bond donors (Lipinski definition) is 1. The lowest BCUT2D eigenvalue weighted by Crippen LogP contribution is -2.51. The van der Waals surface area contributed by atoms with Crippen molar-refractivity contribution < 1.29 is 9.47 Å². The van der Waals surface area contributed by atoms with Gasteiger partial charge in [-0.15, -0.1) is 0 Å². The fourth-order valence-electron chi connectivity index (χ4n) is 2.90. The Hall–Kier alpha value is -3.03. The van der Waals surface area contributed by atoms with Crippen LogP contribution in [0.4, 0.5) is 5.95 Å². The molecule has 0 bridgehead atoms. The number of fused-ring (bicyclic) bond motifs is 1. The summed E-state index contributed by atoms with van der Waals surface area (Å²) < 4.78 is 10.7. The van der Waals surface area contributed by atoms with Crippen molar-refractivity contribution >= 4 is 11.9 Å². The van der Waals surface area contributed by atoms with Gasteiger partial charge in [0.2, 0.25) is 12.7 Å². The first-order chi connectivity index (χ1) is 12.3. The number of guanidine groups is 1. The van der Waals surface area contributed by atoms with E-state index in [0.717, 1.165) is 49.2 Å². The average Bonchev–Trinajstić information content (AvgIpc) is 3.15. The zero-order valence-corrected chi connectivity index (χ0v) is 13.8. The Morgan fingerprint density at radius 2 is 1.84 bits per heavy atom. The Morgan fingerprint density at radius 1 is 1.08 bits per heavy atom. The van der Waals surface area contributed by atoms with Crippen LogP contribution >= 0.6 is 0 Å². The highest BCUT2D eigenvalue weighted by molar-refractivity contribution is 5.78. The Morgan fingerprint density at radius 3 is 2.64 bits per heavy atom. The van der Waals surface area contributed by atoms with Crippen molar-refractivity contribution in [2.24, 2.45) is 10.7 Å². The fourth-order valence-corrected chi connectivity index (χ4v) is 2.90. The second-order valence-corrected chi connectivity index (χ2v) is 5.88. The summed E-state index contributed by atoms with van der Waals surface area (Å²) in [5.74, 6) is 2.87. The summed E-state index contributed by atoms with van der Waals surface area (Å²) in [6, 6.07) is 7.65. The van der Waals surface area contributed by atoms with Crippen molar-refractivity contribution in [2.75, 3.05) is 37.9 Å². The molecule has 2 aliphatic heterocycles. The Labute approximate surface area is 145 Å². The molecule has 130 valence electrons. The van der Waals surface area contributed by atoms with Gasteiger partial charge in [-0.05, 0) is 23.8 Å². The molecule has 1 fully saturated rings. The van der Waals surface area contributed by atoms with Gasteiger partial charge in [0.25, 0.3) is 0 Å². The summed E-state index contributed by atoms with van der Waals surface area (Å²) in [4.78, 5) is 17.3. The molecular weight excluding hydrogens is 320 g/mol. The van der Waals surface area contributed by atoms with Crippen molar-refractivity contribution in [3.05, 3.63) is 42.2 Å². The fraction of sp³-hybridized carbons (Fsp3) is 0.353. The molecule has 2 aromatic rings. The Bertz CT molecular complexity index is 759. The highest BCUT2D eigenvalue weighted by Gasteiger charge is 2.20. The van der Waals surface area contributed by atoms with Crippen LogP contribution in [-0.2, 0) is 6.54 Å². The van der Waals surface area contributed by atoms with Gasteiger partial charge in [0.05, 0.1) is 6.54 Å². The molecule has 0 radical (unpaired) electrons. The number of rotatable bonds is 3. The summed E-state index contributed by atoms with van der Waals surface area (Å²) in [7, 11) is 0. The Balaban J connectivity index is 1.34. The monoisotopic (exact) mass is 340 g/mol. The number of aromatic nitrogens is 2. The maximum absolute atomic E-state index is 6.16. The predicted octanol–water partition coefficient (Wildman–Crippen LogP) is 0.842.